The molecule has 0 unspecified atom stereocenters. The number of aliphatic imine (C=N–C) groups is 1. The summed E-state index contributed by atoms with van der Waals surface area (Å²) in [5.74, 6) is -0.308. The summed E-state index contributed by atoms with van der Waals surface area (Å²) in [7, 11) is 0. The number of benzene rings is 1. The van der Waals surface area contributed by atoms with Crippen LogP contribution in [-0.2, 0) is 14.3 Å². The quantitative estimate of drug-likeness (QED) is 0.669. The second-order valence-corrected chi connectivity index (χ2v) is 8.14. The van der Waals surface area contributed by atoms with Gasteiger partial charge in [0.25, 0.3) is 0 Å². The Morgan fingerprint density at radius 2 is 2.00 bits per heavy atom. The van der Waals surface area contributed by atoms with E-state index in [1.54, 1.807) is 19.1 Å². The van der Waals surface area contributed by atoms with E-state index in [9.17, 15) is 9.59 Å². The number of ether oxygens (including phenoxy) is 3. The van der Waals surface area contributed by atoms with E-state index >= 15 is 0 Å². The fourth-order valence-corrected chi connectivity index (χ4v) is 4.49. The van der Waals surface area contributed by atoms with Crippen molar-refractivity contribution in [2.45, 2.75) is 58.5 Å². The predicted molar refractivity (Wildman–Crippen MR) is 109 cm³/mol. The van der Waals surface area contributed by atoms with E-state index in [4.69, 9.17) is 25.8 Å². The van der Waals surface area contributed by atoms with Gasteiger partial charge >= 0.3 is 5.97 Å². The largest absolute Gasteiger partial charge is 0.459 e. The zero-order valence-electron chi connectivity index (χ0n) is 16.8. The molecule has 1 aromatic rings. The van der Waals surface area contributed by atoms with Gasteiger partial charge in [-0.05, 0) is 44.7 Å². The molecule has 3 atom stereocenters. The third kappa shape index (κ3) is 3.54. The maximum Gasteiger partial charge on any atom is 0.336 e. The molecule has 2 heterocycles. The number of allylic oxidation sites excluding steroid dienone is 1. The van der Waals surface area contributed by atoms with Crippen LogP contribution in [0.4, 0.5) is 0 Å². The van der Waals surface area contributed by atoms with Crippen molar-refractivity contribution in [3.63, 3.8) is 0 Å². The number of esters is 1. The van der Waals surface area contributed by atoms with Crippen LogP contribution in [0.15, 0.2) is 28.4 Å². The Morgan fingerprint density at radius 1 is 1.28 bits per heavy atom. The molecule has 0 amide bonds. The van der Waals surface area contributed by atoms with E-state index in [1.807, 2.05) is 13.8 Å². The molecular weight excluding hydrogens is 394 g/mol. The standard InChI is InChI=1S/C22H24ClNO5/c1-4-11(2)29-22(26)19-12(3)24-15-6-5-7-16(25)21(15)20(19)13-8-17-18(9-14(13)23)28-10-27-17/h8-9,11,20-21H,4-7,10H2,1-3H3/t11-,20+,21-/m0/s1. The molecule has 0 radical (unpaired) electrons. The molecule has 29 heavy (non-hydrogen) atoms. The average molecular weight is 418 g/mol. The number of fused-ring (bicyclic) bond motifs is 2. The van der Waals surface area contributed by atoms with Crippen molar-refractivity contribution in [1.29, 1.82) is 0 Å². The Bertz CT molecular complexity index is 935. The van der Waals surface area contributed by atoms with E-state index in [1.165, 1.54) is 0 Å². The highest BCUT2D eigenvalue weighted by Crippen LogP contribution is 2.48. The SMILES string of the molecule is CC[C@H](C)OC(=O)C1=C(C)N=C2CCCC(=O)[C@H]2[C@@H]1c1cc2c(cc1Cl)OCO2. The van der Waals surface area contributed by atoms with Gasteiger partial charge in [0.05, 0.1) is 17.6 Å². The number of nitrogens with zero attached hydrogens (tertiary/aromatic N) is 1. The van der Waals surface area contributed by atoms with Crippen molar-refractivity contribution in [2.24, 2.45) is 10.9 Å². The van der Waals surface area contributed by atoms with Gasteiger partial charge in [-0.3, -0.25) is 9.79 Å². The van der Waals surface area contributed by atoms with Crippen LogP contribution >= 0.6 is 11.6 Å². The van der Waals surface area contributed by atoms with Gasteiger partial charge in [0.2, 0.25) is 6.79 Å². The molecule has 6 nitrogen and oxygen atoms in total. The topological polar surface area (TPSA) is 74.2 Å². The maximum absolute atomic E-state index is 13.1. The lowest BCUT2D eigenvalue weighted by Crippen LogP contribution is -2.39. The fraction of sp³-hybridized carbons (Fsp3) is 0.500. The summed E-state index contributed by atoms with van der Waals surface area (Å²) >= 11 is 6.61. The molecule has 0 spiro atoms. The Labute approximate surface area is 174 Å². The molecule has 0 bridgehead atoms. The van der Waals surface area contributed by atoms with Gasteiger partial charge in [0.1, 0.15) is 5.78 Å². The van der Waals surface area contributed by atoms with Crippen LogP contribution in [0.3, 0.4) is 0 Å². The lowest BCUT2D eigenvalue weighted by molar-refractivity contribution is -0.144. The van der Waals surface area contributed by atoms with Crippen LogP contribution in [-0.4, -0.2) is 30.4 Å². The lowest BCUT2D eigenvalue weighted by atomic mass is 9.69. The molecule has 4 rings (SSSR count). The van der Waals surface area contributed by atoms with Crippen molar-refractivity contribution in [3.05, 3.63) is 34.0 Å². The van der Waals surface area contributed by atoms with E-state index in [0.29, 0.717) is 46.2 Å². The van der Waals surface area contributed by atoms with Gasteiger partial charge in [-0.25, -0.2) is 4.79 Å². The first kappa shape index (κ1) is 20.0. The van der Waals surface area contributed by atoms with Crippen LogP contribution in [0.1, 0.15) is 57.9 Å². The predicted octanol–water partition coefficient (Wildman–Crippen LogP) is 4.59. The minimum atomic E-state index is -0.547. The van der Waals surface area contributed by atoms with Crippen molar-refractivity contribution in [2.75, 3.05) is 6.79 Å². The summed E-state index contributed by atoms with van der Waals surface area (Å²) in [6, 6.07) is 3.47. The molecule has 0 aromatic heterocycles. The molecule has 0 N–H and O–H groups in total. The normalized spacial score (nSPS) is 24.1. The van der Waals surface area contributed by atoms with Gasteiger partial charge in [-0.1, -0.05) is 18.5 Å². The number of hydrogen-bond donors (Lipinski definition) is 0. The highest BCUT2D eigenvalue weighted by atomic mass is 35.5. The van der Waals surface area contributed by atoms with Gasteiger partial charge in [0, 0.05) is 34.8 Å². The summed E-state index contributed by atoms with van der Waals surface area (Å²) in [5.41, 5.74) is 2.46. The Balaban J connectivity index is 1.86. The number of rotatable bonds is 4. The summed E-state index contributed by atoms with van der Waals surface area (Å²) in [6.07, 6.45) is 2.44. The van der Waals surface area contributed by atoms with Gasteiger partial charge in [-0.15, -0.1) is 0 Å². The zero-order valence-corrected chi connectivity index (χ0v) is 17.5. The molecular formula is C22H24ClNO5. The summed E-state index contributed by atoms with van der Waals surface area (Å²) in [5, 5.41) is 0.431. The first-order valence-corrected chi connectivity index (χ1v) is 10.4. The fourth-order valence-electron chi connectivity index (χ4n) is 4.22. The molecule has 1 aromatic carbocycles. The Hall–Kier alpha value is -2.34. The highest BCUT2D eigenvalue weighted by Gasteiger charge is 2.45. The summed E-state index contributed by atoms with van der Waals surface area (Å²) in [4.78, 5) is 30.7. The number of halogens is 1. The molecule has 2 aliphatic heterocycles. The first-order chi connectivity index (χ1) is 13.9. The molecule has 1 aliphatic carbocycles. The second-order valence-electron chi connectivity index (χ2n) is 7.73. The third-order valence-corrected chi connectivity index (χ3v) is 6.16. The molecule has 1 saturated carbocycles. The van der Waals surface area contributed by atoms with Crippen molar-refractivity contribution in [3.8, 4) is 11.5 Å². The van der Waals surface area contributed by atoms with Crippen molar-refractivity contribution in [1.82, 2.24) is 0 Å². The smallest absolute Gasteiger partial charge is 0.336 e. The Kier molecular flexibility index (Phi) is 5.38. The van der Waals surface area contributed by atoms with Gasteiger partial charge in [-0.2, -0.15) is 0 Å². The van der Waals surface area contributed by atoms with Crippen LogP contribution in [0.25, 0.3) is 0 Å². The van der Waals surface area contributed by atoms with E-state index < -0.39 is 17.8 Å². The second kappa shape index (κ2) is 7.82. The average Bonchev–Trinajstić information content (AvgIpc) is 3.13. The van der Waals surface area contributed by atoms with Crippen molar-refractivity contribution < 1.29 is 23.8 Å². The van der Waals surface area contributed by atoms with Crippen LogP contribution in [0, 0.1) is 5.92 Å². The molecule has 0 saturated heterocycles. The molecule has 7 heteroatoms. The van der Waals surface area contributed by atoms with E-state index in [-0.39, 0.29) is 18.7 Å². The highest BCUT2D eigenvalue weighted by molar-refractivity contribution is 6.32. The molecule has 3 aliphatic rings. The third-order valence-electron chi connectivity index (χ3n) is 5.84. The van der Waals surface area contributed by atoms with Crippen LogP contribution < -0.4 is 9.47 Å². The number of carbonyl (C=O) groups is 2. The number of hydrogen-bond acceptors (Lipinski definition) is 6. The number of carbonyl (C=O) groups excluding carboxylic acids is 2. The lowest BCUT2D eigenvalue weighted by Gasteiger charge is -2.36. The van der Waals surface area contributed by atoms with Crippen LogP contribution in [0.2, 0.25) is 5.02 Å². The molecule has 1 fully saturated rings. The summed E-state index contributed by atoms with van der Waals surface area (Å²) in [6.45, 7) is 5.71. The molecule has 154 valence electrons. The van der Waals surface area contributed by atoms with E-state index in [0.717, 1.165) is 18.6 Å². The maximum atomic E-state index is 13.1. The van der Waals surface area contributed by atoms with Gasteiger partial charge < -0.3 is 14.2 Å². The monoisotopic (exact) mass is 417 g/mol. The minimum Gasteiger partial charge on any atom is -0.459 e. The number of ketones is 1. The minimum absolute atomic E-state index is 0.0788. The Morgan fingerprint density at radius 3 is 2.72 bits per heavy atom. The first-order valence-electron chi connectivity index (χ1n) is 10.0. The van der Waals surface area contributed by atoms with Crippen LogP contribution in [0.5, 0.6) is 11.5 Å². The van der Waals surface area contributed by atoms with Gasteiger partial charge in [0.15, 0.2) is 11.5 Å². The summed E-state index contributed by atoms with van der Waals surface area (Å²) < 4.78 is 16.6. The van der Waals surface area contributed by atoms with E-state index in [2.05, 4.69) is 4.99 Å². The number of Topliss-reactive ketones (excluding diaryl/α,β-unsaturated/α-hetero) is 1. The van der Waals surface area contributed by atoms with Crippen molar-refractivity contribution >= 4 is 29.1 Å². The zero-order chi connectivity index (χ0) is 20.7.